The Bertz CT molecular complexity index is 691. The third-order valence-electron chi connectivity index (χ3n) is 3.36. The van der Waals surface area contributed by atoms with Crippen LogP contribution < -0.4 is 0 Å². The molecule has 6 heteroatoms. The van der Waals surface area contributed by atoms with Gasteiger partial charge in [0.2, 0.25) is 11.8 Å². The molecule has 0 spiro atoms. The Morgan fingerprint density at radius 1 is 1.23 bits per heavy atom. The Labute approximate surface area is 137 Å². The number of aromatic nitrogens is 1. The van der Waals surface area contributed by atoms with Crippen molar-refractivity contribution < 1.29 is 9.59 Å². The largest absolute Gasteiger partial charge is 0.277 e. The summed E-state index contributed by atoms with van der Waals surface area (Å²) in [5, 5.41) is 0.279. The SMILES string of the molecule is O=C1C[C@H](Sc2ccc(Cl)cc2)C(=O)N1Cc1cccnc1. The van der Waals surface area contributed by atoms with Gasteiger partial charge in [0.25, 0.3) is 0 Å². The lowest BCUT2D eigenvalue weighted by molar-refractivity contribution is -0.138. The summed E-state index contributed by atoms with van der Waals surface area (Å²) in [7, 11) is 0. The van der Waals surface area contributed by atoms with Crippen LogP contribution in [0.2, 0.25) is 5.02 Å². The molecule has 3 rings (SSSR count). The summed E-state index contributed by atoms with van der Waals surface area (Å²) in [6.45, 7) is 0.281. The number of likely N-dealkylation sites (tertiary alicyclic amines) is 1. The molecule has 2 heterocycles. The van der Waals surface area contributed by atoms with Crippen molar-refractivity contribution in [2.24, 2.45) is 0 Å². The van der Waals surface area contributed by atoms with Crippen molar-refractivity contribution in [1.29, 1.82) is 0 Å². The Hall–Kier alpha value is -1.85. The van der Waals surface area contributed by atoms with E-state index in [2.05, 4.69) is 4.98 Å². The number of hydrogen-bond donors (Lipinski definition) is 0. The molecular formula is C16H13ClN2O2S. The summed E-state index contributed by atoms with van der Waals surface area (Å²) in [4.78, 5) is 30.8. The van der Waals surface area contributed by atoms with Crippen molar-refractivity contribution in [3.8, 4) is 0 Å². The van der Waals surface area contributed by atoms with Crippen LogP contribution in [-0.4, -0.2) is 26.9 Å². The smallest absolute Gasteiger partial charge is 0.243 e. The van der Waals surface area contributed by atoms with Crippen LogP contribution in [0.15, 0.2) is 53.7 Å². The van der Waals surface area contributed by atoms with E-state index in [0.717, 1.165) is 10.5 Å². The van der Waals surface area contributed by atoms with Gasteiger partial charge in [0.1, 0.15) is 0 Å². The predicted octanol–water partition coefficient (Wildman–Crippen LogP) is 3.15. The third-order valence-corrected chi connectivity index (χ3v) is 4.81. The second-order valence-electron chi connectivity index (χ2n) is 4.94. The highest BCUT2D eigenvalue weighted by atomic mass is 35.5. The number of rotatable bonds is 4. The molecule has 1 aromatic carbocycles. The number of carbonyl (C=O) groups is 2. The van der Waals surface area contributed by atoms with E-state index in [4.69, 9.17) is 11.6 Å². The van der Waals surface area contributed by atoms with E-state index in [1.807, 2.05) is 18.2 Å². The molecule has 0 saturated carbocycles. The van der Waals surface area contributed by atoms with Gasteiger partial charge in [0.15, 0.2) is 0 Å². The van der Waals surface area contributed by atoms with E-state index >= 15 is 0 Å². The Balaban J connectivity index is 1.70. The molecule has 2 aromatic rings. The van der Waals surface area contributed by atoms with E-state index < -0.39 is 0 Å². The first-order chi connectivity index (χ1) is 10.6. The monoisotopic (exact) mass is 332 g/mol. The zero-order chi connectivity index (χ0) is 15.5. The molecule has 0 aliphatic carbocycles. The molecule has 4 nitrogen and oxygen atoms in total. The topological polar surface area (TPSA) is 50.3 Å². The second-order valence-corrected chi connectivity index (χ2v) is 6.66. The molecule has 1 aromatic heterocycles. The third kappa shape index (κ3) is 3.31. The van der Waals surface area contributed by atoms with Crippen LogP contribution >= 0.6 is 23.4 Å². The van der Waals surface area contributed by atoms with Crippen molar-refractivity contribution in [1.82, 2.24) is 9.88 Å². The van der Waals surface area contributed by atoms with Gasteiger partial charge in [-0.05, 0) is 35.9 Å². The van der Waals surface area contributed by atoms with Crippen LogP contribution in [0.5, 0.6) is 0 Å². The normalized spacial score (nSPS) is 18.0. The molecule has 1 aliphatic rings. The molecule has 2 amide bonds. The highest BCUT2D eigenvalue weighted by Crippen LogP contribution is 2.32. The molecule has 0 unspecified atom stereocenters. The van der Waals surface area contributed by atoms with E-state index in [1.165, 1.54) is 16.7 Å². The Morgan fingerprint density at radius 3 is 2.68 bits per heavy atom. The van der Waals surface area contributed by atoms with Gasteiger partial charge in [0.05, 0.1) is 11.8 Å². The van der Waals surface area contributed by atoms with Crippen LogP contribution in [0.25, 0.3) is 0 Å². The fourth-order valence-corrected chi connectivity index (χ4v) is 3.46. The summed E-state index contributed by atoms with van der Waals surface area (Å²) >= 11 is 7.25. The van der Waals surface area contributed by atoms with Gasteiger partial charge in [-0.15, -0.1) is 11.8 Å². The van der Waals surface area contributed by atoms with Gasteiger partial charge in [-0.2, -0.15) is 0 Å². The molecular weight excluding hydrogens is 320 g/mol. The number of imide groups is 1. The summed E-state index contributed by atoms with van der Waals surface area (Å²) in [6.07, 6.45) is 3.56. The minimum absolute atomic E-state index is 0.139. The van der Waals surface area contributed by atoms with Gasteiger partial charge in [-0.3, -0.25) is 19.5 Å². The molecule has 0 N–H and O–H groups in total. The summed E-state index contributed by atoms with van der Waals surface area (Å²) in [5.74, 6) is -0.283. The molecule has 1 fully saturated rings. The van der Waals surface area contributed by atoms with Gasteiger partial charge in [0, 0.05) is 28.7 Å². The zero-order valence-electron chi connectivity index (χ0n) is 11.6. The predicted molar refractivity (Wildman–Crippen MR) is 85.5 cm³/mol. The summed E-state index contributed by atoms with van der Waals surface area (Å²) < 4.78 is 0. The maximum absolute atomic E-state index is 12.4. The second kappa shape index (κ2) is 6.50. The lowest BCUT2D eigenvalue weighted by Gasteiger charge is -2.14. The maximum Gasteiger partial charge on any atom is 0.243 e. The van der Waals surface area contributed by atoms with Crippen LogP contribution in [-0.2, 0) is 16.1 Å². The molecule has 0 bridgehead atoms. The number of halogens is 1. The summed E-state index contributed by atoms with van der Waals surface area (Å²) in [6, 6.07) is 10.9. The minimum Gasteiger partial charge on any atom is -0.277 e. The first-order valence-electron chi connectivity index (χ1n) is 6.79. The van der Waals surface area contributed by atoms with Gasteiger partial charge in [-0.1, -0.05) is 17.7 Å². The standard InChI is InChI=1S/C16H13ClN2O2S/c17-12-3-5-13(6-4-12)22-14-8-15(20)19(16(14)21)10-11-2-1-7-18-9-11/h1-7,9,14H,8,10H2/t14-/m0/s1. The number of benzene rings is 1. The molecule has 22 heavy (non-hydrogen) atoms. The molecule has 1 aliphatic heterocycles. The van der Waals surface area contributed by atoms with Crippen molar-refractivity contribution in [3.63, 3.8) is 0 Å². The van der Waals surface area contributed by atoms with Crippen LogP contribution in [0.4, 0.5) is 0 Å². The average Bonchev–Trinajstić information content (AvgIpc) is 2.78. The number of carbonyl (C=O) groups excluding carboxylic acids is 2. The van der Waals surface area contributed by atoms with Crippen molar-refractivity contribution in [2.45, 2.75) is 23.1 Å². The van der Waals surface area contributed by atoms with Crippen LogP contribution in [0, 0.1) is 0 Å². The van der Waals surface area contributed by atoms with Gasteiger partial charge >= 0.3 is 0 Å². The lowest BCUT2D eigenvalue weighted by atomic mass is 10.3. The first-order valence-corrected chi connectivity index (χ1v) is 8.04. The molecule has 1 atom stereocenters. The minimum atomic E-state index is -0.370. The fraction of sp³-hybridized carbons (Fsp3) is 0.188. The van der Waals surface area contributed by atoms with E-state index in [1.54, 1.807) is 30.6 Å². The number of nitrogens with zero attached hydrogens (tertiary/aromatic N) is 2. The molecule has 1 saturated heterocycles. The molecule has 0 radical (unpaired) electrons. The number of hydrogen-bond acceptors (Lipinski definition) is 4. The summed E-state index contributed by atoms with van der Waals surface area (Å²) in [5.41, 5.74) is 0.848. The van der Waals surface area contributed by atoms with E-state index in [-0.39, 0.29) is 30.0 Å². The Morgan fingerprint density at radius 2 is 2.00 bits per heavy atom. The lowest BCUT2D eigenvalue weighted by Crippen LogP contribution is -2.30. The van der Waals surface area contributed by atoms with Crippen molar-refractivity contribution in [2.75, 3.05) is 0 Å². The number of pyridine rings is 1. The highest BCUT2D eigenvalue weighted by molar-refractivity contribution is 8.00. The van der Waals surface area contributed by atoms with E-state index in [0.29, 0.717) is 5.02 Å². The average molecular weight is 333 g/mol. The molecule has 112 valence electrons. The fourth-order valence-electron chi connectivity index (χ4n) is 2.26. The van der Waals surface area contributed by atoms with Crippen LogP contribution in [0.3, 0.4) is 0 Å². The number of thioether (sulfide) groups is 1. The maximum atomic E-state index is 12.4. The highest BCUT2D eigenvalue weighted by Gasteiger charge is 2.39. The van der Waals surface area contributed by atoms with Gasteiger partial charge < -0.3 is 0 Å². The Kier molecular flexibility index (Phi) is 4.45. The quantitative estimate of drug-likeness (QED) is 0.807. The van der Waals surface area contributed by atoms with Gasteiger partial charge in [-0.25, -0.2) is 0 Å². The van der Waals surface area contributed by atoms with Crippen LogP contribution in [0.1, 0.15) is 12.0 Å². The van der Waals surface area contributed by atoms with E-state index in [9.17, 15) is 9.59 Å². The van der Waals surface area contributed by atoms with Crippen molar-refractivity contribution >= 4 is 35.2 Å². The van der Waals surface area contributed by atoms with Crippen molar-refractivity contribution in [3.05, 3.63) is 59.4 Å². The first kappa shape index (κ1) is 15.1. The zero-order valence-corrected chi connectivity index (χ0v) is 13.2. The number of amides is 2.